The van der Waals surface area contributed by atoms with Crippen LogP contribution in [0.3, 0.4) is 0 Å². The summed E-state index contributed by atoms with van der Waals surface area (Å²) >= 11 is 3.32. The summed E-state index contributed by atoms with van der Waals surface area (Å²) in [5.74, 6) is 0.684. The Morgan fingerprint density at radius 1 is 1.28 bits per heavy atom. The smallest absolute Gasteiger partial charge is 0.336 e. The summed E-state index contributed by atoms with van der Waals surface area (Å²) in [4.78, 5) is 30.4. The van der Waals surface area contributed by atoms with Crippen LogP contribution in [0.1, 0.15) is 36.5 Å². The number of hydrogen-bond donors (Lipinski definition) is 1. The Bertz CT molecular complexity index is 1090. The average molecular weight is 458 g/mol. The van der Waals surface area contributed by atoms with Gasteiger partial charge >= 0.3 is 5.63 Å². The van der Waals surface area contributed by atoms with Crippen LogP contribution in [0.25, 0.3) is 11.0 Å². The number of carbonyl (C=O) groups is 1. The van der Waals surface area contributed by atoms with E-state index in [1.807, 2.05) is 31.0 Å². The molecule has 2 aromatic heterocycles. The zero-order valence-electron chi connectivity index (χ0n) is 17.0. The molecule has 6 nitrogen and oxygen atoms in total. The summed E-state index contributed by atoms with van der Waals surface area (Å²) in [6, 6.07) is 9.06. The van der Waals surface area contributed by atoms with E-state index in [9.17, 15) is 9.59 Å². The van der Waals surface area contributed by atoms with Gasteiger partial charge in [0.15, 0.2) is 0 Å². The third-order valence-electron chi connectivity index (χ3n) is 4.69. The summed E-state index contributed by atoms with van der Waals surface area (Å²) in [7, 11) is 1.84. The maximum Gasteiger partial charge on any atom is 0.336 e. The molecule has 0 saturated heterocycles. The second kappa shape index (κ2) is 8.88. The molecule has 0 aliphatic carbocycles. The van der Waals surface area contributed by atoms with Gasteiger partial charge in [-0.15, -0.1) is 0 Å². The van der Waals surface area contributed by atoms with Crippen LogP contribution >= 0.6 is 15.9 Å². The molecule has 29 heavy (non-hydrogen) atoms. The first-order valence-electron chi connectivity index (χ1n) is 9.40. The molecule has 152 valence electrons. The number of fused-ring (bicyclic) bond motifs is 1. The minimum Gasteiger partial charge on any atom is -0.423 e. The maximum atomic E-state index is 12.3. The summed E-state index contributed by atoms with van der Waals surface area (Å²) < 4.78 is 6.25. The van der Waals surface area contributed by atoms with E-state index in [4.69, 9.17) is 4.42 Å². The molecule has 0 spiro atoms. The Hall–Kier alpha value is -2.51. The van der Waals surface area contributed by atoms with E-state index in [-0.39, 0.29) is 18.1 Å². The van der Waals surface area contributed by atoms with E-state index in [2.05, 4.69) is 46.1 Å². The molecule has 0 bridgehead atoms. The van der Waals surface area contributed by atoms with Gasteiger partial charge in [0, 0.05) is 28.7 Å². The minimum absolute atomic E-state index is 0.169. The van der Waals surface area contributed by atoms with Crippen molar-refractivity contribution in [2.45, 2.75) is 33.2 Å². The van der Waals surface area contributed by atoms with Gasteiger partial charge in [0.2, 0.25) is 5.91 Å². The lowest BCUT2D eigenvalue weighted by molar-refractivity contribution is -0.117. The van der Waals surface area contributed by atoms with Crippen molar-refractivity contribution in [1.29, 1.82) is 0 Å². The van der Waals surface area contributed by atoms with Gasteiger partial charge in [-0.2, -0.15) is 0 Å². The predicted molar refractivity (Wildman–Crippen MR) is 118 cm³/mol. The van der Waals surface area contributed by atoms with Gasteiger partial charge in [0.1, 0.15) is 11.4 Å². The molecule has 1 aromatic carbocycles. The third-order valence-corrected chi connectivity index (χ3v) is 5.16. The standard InChI is InChI=1S/C22H24BrN3O3/c1-13(2)17-9-18-15(8-22(28)29-19(18)7-14(17)3)11-26(4)12-21(27)25-20-6-5-16(23)10-24-20/h5-10,13H,11-12H2,1-4H3,(H,24,25,27). The van der Waals surface area contributed by atoms with Crippen molar-refractivity contribution in [1.82, 2.24) is 9.88 Å². The highest BCUT2D eigenvalue weighted by molar-refractivity contribution is 9.10. The maximum absolute atomic E-state index is 12.3. The number of likely N-dealkylation sites (N-methyl/N-ethyl adjacent to an activating group) is 1. The highest BCUT2D eigenvalue weighted by Crippen LogP contribution is 2.27. The largest absolute Gasteiger partial charge is 0.423 e. The van der Waals surface area contributed by atoms with Crippen LogP contribution < -0.4 is 10.9 Å². The topological polar surface area (TPSA) is 75.4 Å². The number of aromatic nitrogens is 1. The van der Waals surface area contributed by atoms with Crippen molar-refractivity contribution >= 4 is 38.6 Å². The second-order valence-corrected chi connectivity index (χ2v) is 8.45. The number of amides is 1. The third kappa shape index (κ3) is 5.31. The van der Waals surface area contributed by atoms with Crippen LogP contribution in [-0.2, 0) is 11.3 Å². The van der Waals surface area contributed by atoms with E-state index in [1.165, 1.54) is 11.6 Å². The lowest BCUT2D eigenvalue weighted by Gasteiger charge is -2.18. The summed E-state index contributed by atoms with van der Waals surface area (Å²) in [6.07, 6.45) is 1.63. The molecule has 0 fully saturated rings. The van der Waals surface area contributed by atoms with Gasteiger partial charge in [0.25, 0.3) is 0 Å². The van der Waals surface area contributed by atoms with Crippen LogP contribution in [0.4, 0.5) is 5.82 Å². The first-order valence-corrected chi connectivity index (χ1v) is 10.2. The van der Waals surface area contributed by atoms with Gasteiger partial charge in [0.05, 0.1) is 6.54 Å². The summed E-state index contributed by atoms with van der Waals surface area (Å²) in [6.45, 7) is 6.92. The molecule has 0 aliphatic rings. The molecule has 1 N–H and O–H groups in total. The number of pyridine rings is 1. The Balaban J connectivity index is 1.79. The molecule has 3 aromatic rings. The van der Waals surface area contributed by atoms with E-state index in [1.54, 1.807) is 12.3 Å². The van der Waals surface area contributed by atoms with Crippen LogP contribution in [-0.4, -0.2) is 29.4 Å². The fourth-order valence-corrected chi connectivity index (χ4v) is 3.60. The van der Waals surface area contributed by atoms with E-state index >= 15 is 0 Å². The molecule has 1 amide bonds. The Morgan fingerprint density at radius 3 is 2.69 bits per heavy atom. The van der Waals surface area contributed by atoms with E-state index in [0.29, 0.717) is 23.9 Å². The van der Waals surface area contributed by atoms with E-state index < -0.39 is 0 Å². The van der Waals surface area contributed by atoms with E-state index in [0.717, 1.165) is 21.0 Å². The highest BCUT2D eigenvalue weighted by atomic mass is 79.9. The van der Waals surface area contributed by atoms with Crippen LogP contribution in [0.15, 0.2) is 50.2 Å². The molecule has 0 unspecified atom stereocenters. The molecular formula is C22H24BrN3O3. The molecule has 0 radical (unpaired) electrons. The van der Waals surface area contributed by atoms with Crippen LogP contribution in [0, 0.1) is 6.92 Å². The summed E-state index contributed by atoms with van der Waals surface area (Å²) in [5, 5.41) is 3.68. The summed E-state index contributed by atoms with van der Waals surface area (Å²) in [5.41, 5.74) is 3.35. The number of carbonyl (C=O) groups excluding carboxylic acids is 1. The van der Waals surface area contributed by atoms with Crippen LogP contribution in [0.2, 0.25) is 0 Å². The number of nitrogens with one attached hydrogen (secondary N) is 1. The van der Waals surface area contributed by atoms with Gasteiger partial charge in [-0.05, 0) is 76.8 Å². The fourth-order valence-electron chi connectivity index (χ4n) is 3.37. The monoisotopic (exact) mass is 457 g/mol. The van der Waals surface area contributed by atoms with Crippen molar-refractivity contribution in [3.63, 3.8) is 0 Å². The number of anilines is 1. The predicted octanol–water partition coefficient (Wildman–Crippen LogP) is 4.45. The van der Waals surface area contributed by atoms with Gasteiger partial charge in [-0.3, -0.25) is 9.69 Å². The molecule has 2 heterocycles. The molecule has 0 aliphatic heterocycles. The molecule has 0 saturated carbocycles. The van der Waals surface area contributed by atoms with Crippen LogP contribution in [0.5, 0.6) is 0 Å². The SMILES string of the molecule is Cc1cc2oc(=O)cc(CN(C)CC(=O)Nc3ccc(Br)cn3)c2cc1C(C)C. The molecular weight excluding hydrogens is 434 g/mol. The lowest BCUT2D eigenvalue weighted by Crippen LogP contribution is -2.30. The number of rotatable bonds is 6. The van der Waals surface area contributed by atoms with Crippen molar-refractivity contribution in [3.05, 3.63) is 68.1 Å². The number of aryl methyl sites for hydroxylation is 1. The molecule has 7 heteroatoms. The second-order valence-electron chi connectivity index (χ2n) is 7.53. The van der Waals surface area contributed by atoms with Crippen molar-refractivity contribution < 1.29 is 9.21 Å². The fraction of sp³-hybridized carbons (Fsp3) is 0.318. The number of halogens is 1. The Kier molecular flexibility index (Phi) is 6.49. The number of benzene rings is 1. The van der Waals surface area contributed by atoms with Crippen molar-refractivity contribution in [2.75, 3.05) is 18.9 Å². The Labute approximate surface area is 178 Å². The van der Waals surface area contributed by atoms with Crippen molar-refractivity contribution in [3.8, 4) is 0 Å². The zero-order valence-corrected chi connectivity index (χ0v) is 18.5. The van der Waals surface area contributed by atoms with Gasteiger partial charge in [-0.1, -0.05) is 13.8 Å². The average Bonchev–Trinajstić information content (AvgIpc) is 2.62. The first-order chi connectivity index (χ1) is 13.7. The first kappa shape index (κ1) is 21.2. The normalized spacial score (nSPS) is 11.4. The van der Waals surface area contributed by atoms with Crippen molar-refractivity contribution in [2.24, 2.45) is 0 Å². The Morgan fingerprint density at radius 2 is 2.03 bits per heavy atom. The lowest BCUT2D eigenvalue weighted by atomic mass is 9.95. The zero-order chi connectivity index (χ0) is 21.1. The highest BCUT2D eigenvalue weighted by Gasteiger charge is 2.14. The molecule has 0 atom stereocenters. The number of hydrogen-bond acceptors (Lipinski definition) is 5. The quantitative estimate of drug-likeness (QED) is 0.553. The molecule has 3 rings (SSSR count). The van der Waals surface area contributed by atoms with Gasteiger partial charge < -0.3 is 9.73 Å². The number of nitrogens with zero attached hydrogens (tertiary/aromatic N) is 2. The van der Waals surface area contributed by atoms with Gasteiger partial charge in [-0.25, -0.2) is 9.78 Å². The minimum atomic E-state index is -0.388.